The van der Waals surface area contributed by atoms with Gasteiger partial charge in [0.25, 0.3) is 0 Å². The van der Waals surface area contributed by atoms with Crippen LogP contribution in [0.1, 0.15) is 132 Å². The van der Waals surface area contributed by atoms with E-state index in [4.69, 9.17) is 4.74 Å². The highest BCUT2D eigenvalue weighted by atomic mass is 32.2. The molecule has 1 heterocycles. The lowest BCUT2D eigenvalue weighted by molar-refractivity contribution is -0.246. The monoisotopic (exact) mass is 817 g/mol. The Morgan fingerprint density at radius 1 is 0.893 bits per heavy atom. The van der Waals surface area contributed by atoms with Crippen molar-refractivity contribution in [1.82, 2.24) is 10.2 Å². The smallest absolute Gasteiger partial charge is 0.310 e. The summed E-state index contributed by atoms with van der Waals surface area (Å²) in [5.74, 6) is 2.95. The molecule has 0 aromatic carbocycles. The third kappa shape index (κ3) is 6.88. The minimum absolute atomic E-state index is 0.0261. The Bertz CT molecular complexity index is 1650. The Hall–Kier alpha value is -1.10. The van der Waals surface area contributed by atoms with E-state index in [1.165, 1.54) is 50.5 Å². The standard InChI is InChI=1S/C46H76N2O6S2/c1-29(2)31-13-19-46(47-28-30(16-24-55-10)48-22-25-56(52,53)26-23-48)21-20-44(8)32(38(31)46)11-12-35-43(7)17-15-36(42(5,6)34(43)14-18-45(35,44)9)54-40(51)39-33(27-37(49)50)41(39,3)4/h30-36,38-39,47H,1,11-28H2,2-10H3,(H,49,50)/t30?,31-,32+,33+,34-,35+,36-,38+,39+,43-,44+,45+,46-/m0/s1. The molecule has 0 radical (unpaired) electrons. The van der Waals surface area contributed by atoms with Crippen LogP contribution < -0.4 is 5.32 Å². The van der Waals surface area contributed by atoms with E-state index in [9.17, 15) is 23.1 Å². The molecule has 0 bridgehead atoms. The summed E-state index contributed by atoms with van der Waals surface area (Å²) in [6.45, 7) is 25.9. The number of allylic oxidation sites excluding steroid dienone is 1. The van der Waals surface area contributed by atoms with Crippen LogP contribution in [0.4, 0.5) is 0 Å². The van der Waals surface area contributed by atoms with Crippen molar-refractivity contribution in [3.8, 4) is 0 Å². The second-order valence-electron chi connectivity index (χ2n) is 22.1. The first kappa shape index (κ1) is 43.0. The van der Waals surface area contributed by atoms with Crippen molar-refractivity contribution >= 4 is 33.5 Å². The summed E-state index contributed by atoms with van der Waals surface area (Å²) in [5.41, 5.74) is 1.58. The lowest BCUT2D eigenvalue weighted by Crippen LogP contribution is -2.69. The number of carbonyl (C=O) groups excluding carboxylic acids is 1. The topological polar surface area (TPSA) is 113 Å². The molecular formula is C46H76N2O6S2. The lowest BCUT2D eigenvalue weighted by Gasteiger charge is -2.73. The number of carbonyl (C=O) groups is 2. The predicted molar refractivity (Wildman–Crippen MR) is 227 cm³/mol. The van der Waals surface area contributed by atoms with Crippen LogP contribution >= 0.6 is 11.8 Å². The summed E-state index contributed by atoms with van der Waals surface area (Å²) in [7, 11) is -2.92. The van der Waals surface area contributed by atoms with E-state index in [0.29, 0.717) is 48.7 Å². The normalized spacial score (nSPS) is 45.3. The second-order valence-corrected chi connectivity index (χ2v) is 25.4. The summed E-state index contributed by atoms with van der Waals surface area (Å²) < 4.78 is 31.2. The van der Waals surface area contributed by atoms with Gasteiger partial charge in [0.15, 0.2) is 9.84 Å². The molecule has 1 aliphatic heterocycles. The Morgan fingerprint density at radius 2 is 1.59 bits per heavy atom. The molecule has 10 heteroatoms. The number of carboxylic acids is 1. The fourth-order valence-corrected chi connectivity index (χ4v) is 17.4. The van der Waals surface area contributed by atoms with Crippen LogP contribution in [-0.2, 0) is 24.2 Å². The maximum Gasteiger partial charge on any atom is 0.310 e. The number of hydrogen-bond acceptors (Lipinski definition) is 8. The quantitative estimate of drug-likeness (QED) is 0.148. The molecule has 6 saturated carbocycles. The average Bonchev–Trinajstić information content (AvgIpc) is 3.42. The minimum Gasteiger partial charge on any atom is -0.481 e. The summed E-state index contributed by atoms with van der Waals surface area (Å²) in [4.78, 5) is 27.7. The van der Waals surface area contributed by atoms with Crippen molar-refractivity contribution < 1.29 is 27.9 Å². The van der Waals surface area contributed by atoms with Gasteiger partial charge in [-0.2, -0.15) is 11.8 Å². The van der Waals surface area contributed by atoms with Gasteiger partial charge >= 0.3 is 11.9 Å². The van der Waals surface area contributed by atoms with Crippen LogP contribution in [0.15, 0.2) is 12.2 Å². The summed E-state index contributed by atoms with van der Waals surface area (Å²) >= 11 is 1.89. The number of hydrogen-bond donors (Lipinski definition) is 2. The van der Waals surface area contributed by atoms with Gasteiger partial charge < -0.3 is 15.2 Å². The van der Waals surface area contributed by atoms with Crippen LogP contribution in [0.5, 0.6) is 0 Å². The highest BCUT2D eigenvalue weighted by molar-refractivity contribution is 7.98. The van der Waals surface area contributed by atoms with Crippen LogP contribution in [0.2, 0.25) is 0 Å². The molecule has 0 spiro atoms. The Balaban J connectivity index is 1.10. The van der Waals surface area contributed by atoms with Crippen molar-refractivity contribution in [3.05, 3.63) is 12.2 Å². The number of fused-ring (bicyclic) bond motifs is 7. The molecule has 0 amide bonds. The number of thioether (sulfide) groups is 1. The largest absolute Gasteiger partial charge is 0.481 e. The molecule has 0 aromatic heterocycles. The maximum atomic E-state index is 13.7. The molecule has 7 rings (SSSR count). The molecule has 2 N–H and O–H groups in total. The zero-order chi connectivity index (χ0) is 40.9. The Kier molecular flexibility index (Phi) is 11.4. The summed E-state index contributed by atoms with van der Waals surface area (Å²) in [5, 5.41) is 13.8. The minimum atomic E-state index is -2.92. The first-order chi connectivity index (χ1) is 26.1. The number of ether oxygens (including phenoxy) is 1. The van der Waals surface area contributed by atoms with E-state index in [-0.39, 0.29) is 74.4 Å². The lowest BCUT2D eigenvalue weighted by atomic mass is 9.32. The third-order valence-corrected chi connectivity index (χ3v) is 21.5. The Morgan fingerprint density at radius 3 is 2.23 bits per heavy atom. The Labute approximate surface area is 344 Å². The molecule has 0 aromatic rings. The summed E-state index contributed by atoms with van der Waals surface area (Å²) in [6.07, 6.45) is 14.8. The van der Waals surface area contributed by atoms with Gasteiger partial charge in [-0.15, -0.1) is 0 Å². The number of rotatable bonds is 12. The molecule has 56 heavy (non-hydrogen) atoms. The molecule has 8 nitrogen and oxygen atoms in total. The highest BCUT2D eigenvalue weighted by Crippen LogP contribution is 2.76. The molecule has 318 valence electrons. The van der Waals surface area contributed by atoms with Gasteiger partial charge in [0.2, 0.25) is 0 Å². The first-order valence-corrected chi connectivity index (χ1v) is 25.6. The molecule has 7 aliphatic rings. The van der Waals surface area contributed by atoms with E-state index in [0.717, 1.165) is 38.0 Å². The van der Waals surface area contributed by atoms with E-state index in [2.05, 4.69) is 64.6 Å². The number of aliphatic carboxylic acids is 1. The van der Waals surface area contributed by atoms with E-state index in [1.54, 1.807) is 0 Å². The third-order valence-electron chi connectivity index (χ3n) is 19.2. The number of sulfone groups is 1. The molecule has 1 unspecified atom stereocenters. The number of nitrogens with zero attached hydrogens (tertiary/aromatic N) is 1. The van der Waals surface area contributed by atoms with Crippen molar-refractivity contribution in [1.29, 1.82) is 0 Å². The fraction of sp³-hybridized carbons (Fsp3) is 0.913. The summed E-state index contributed by atoms with van der Waals surface area (Å²) in [6, 6.07) is 0.355. The number of esters is 1. The van der Waals surface area contributed by atoms with Gasteiger partial charge in [-0.25, -0.2) is 8.42 Å². The fourth-order valence-electron chi connectivity index (χ4n) is 15.7. The van der Waals surface area contributed by atoms with Crippen molar-refractivity contribution in [3.63, 3.8) is 0 Å². The zero-order valence-corrected chi connectivity index (χ0v) is 38.0. The number of carboxylic acid groups (broad SMARTS) is 1. The maximum absolute atomic E-state index is 13.7. The highest BCUT2D eigenvalue weighted by Gasteiger charge is 2.71. The second kappa shape index (κ2) is 14.8. The van der Waals surface area contributed by atoms with Crippen molar-refractivity contribution in [2.45, 2.75) is 150 Å². The van der Waals surface area contributed by atoms with Gasteiger partial charge in [-0.1, -0.05) is 60.6 Å². The van der Waals surface area contributed by atoms with E-state index < -0.39 is 15.8 Å². The molecule has 6 aliphatic carbocycles. The van der Waals surface area contributed by atoms with Gasteiger partial charge in [-0.05, 0) is 147 Å². The molecular weight excluding hydrogens is 741 g/mol. The number of nitrogens with one attached hydrogen (secondary N) is 1. The molecule has 1 saturated heterocycles. The van der Waals surface area contributed by atoms with Crippen molar-refractivity contribution in [2.24, 2.45) is 68.5 Å². The van der Waals surface area contributed by atoms with Gasteiger partial charge in [0.1, 0.15) is 6.10 Å². The molecule has 13 atom stereocenters. The average molecular weight is 817 g/mol. The predicted octanol–water partition coefficient (Wildman–Crippen LogP) is 8.50. The van der Waals surface area contributed by atoms with Gasteiger partial charge in [-0.3, -0.25) is 14.5 Å². The SMILES string of the molecule is C=C(C)[C@@H]1CC[C@]2(NCC(CCSC)N3CCS(=O)(=O)CC3)CC[C@]3(C)[C@H](CC[C@@H]4[C@@]5(C)CC[C@H](OC(=O)[C@H]6[C@@H](CC(=O)O)C6(C)C)C(C)(C)[C@@H]5CC[C@]43C)[C@@H]12. The molecule has 7 fully saturated rings. The van der Waals surface area contributed by atoms with Gasteiger partial charge in [0, 0.05) is 43.1 Å². The van der Waals surface area contributed by atoms with E-state index >= 15 is 0 Å². The van der Waals surface area contributed by atoms with Crippen molar-refractivity contribution in [2.75, 3.05) is 43.1 Å². The van der Waals surface area contributed by atoms with Crippen LogP contribution in [0, 0.1) is 68.5 Å². The van der Waals surface area contributed by atoms with Gasteiger partial charge in [0.05, 0.1) is 17.4 Å². The van der Waals surface area contributed by atoms with Crippen LogP contribution in [0.3, 0.4) is 0 Å². The zero-order valence-electron chi connectivity index (χ0n) is 36.4. The van der Waals surface area contributed by atoms with Crippen LogP contribution in [0.25, 0.3) is 0 Å². The van der Waals surface area contributed by atoms with Crippen LogP contribution in [-0.4, -0.2) is 91.2 Å². The van der Waals surface area contributed by atoms with E-state index in [1.807, 2.05) is 25.6 Å². The first-order valence-electron chi connectivity index (χ1n) is 22.3.